The average Bonchev–Trinajstić information content (AvgIpc) is 2.26. The molecule has 1 N–H and O–H groups in total. The van der Waals surface area contributed by atoms with Crippen LogP contribution in [0.5, 0.6) is 0 Å². The number of rotatable bonds is 5. The third-order valence-electron chi connectivity index (χ3n) is 3.03. The van der Waals surface area contributed by atoms with E-state index in [1.807, 2.05) is 0 Å². The van der Waals surface area contributed by atoms with Gasteiger partial charge in [-0.15, -0.1) is 0 Å². The molecule has 3 nitrogen and oxygen atoms in total. The molecule has 1 saturated heterocycles. The number of Topliss-reactive ketones (excluding diaryl/α,β-unsaturated/α-hetero) is 1. The van der Waals surface area contributed by atoms with Crippen molar-refractivity contribution >= 4 is 5.78 Å². The van der Waals surface area contributed by atoms with Crippen molar-refractivity contribution in [3.05, 3.63) is 0 Å². The molecule has 3 heteroatoms. The Morgan fingerprint density at radius 3 is 2.64 bits per heavy atom. The number of nitrogens with zero attached hydrogens (tertiary/aromatic N) is 1. The summed E-state index contributed by atoms with van der Waals surface area (Å²) in [7, 11) is 0. The molecule has 82 valence electrons. The predicted octanol–water partition coefficient (Wildman–Crippen LogP) is 0.897. The van der Waals surface area contributed by atoms with Gasteiger partial charge in [0.05, 0.1) is 6.54 Å². The lowest BCUT2D eigenvalue weighted by atomic mass is 9.95. The van der Waals surface area contributed by atoms with Crippen LogP contribution < -0.4 is 5.32 Å². The average molecular weight is 198 g/mol. The summed E-state index contributed by atoms with van der Waals surface area (Å²) in [5.74, 6) is 0.685. The van der Waals surface area contributed by atoms with Crippen LogP contribution in [0, 0.1) is 5.92 Å². The van der Waals surface area contributed by atoms with E-state index in [4.69, 9.17) is 0 Å². The molecule has 1 rings (SSSR count). The monoisotopic (exact) mass is 198 g/mol. The lowest BCUT2D eigenvalue weighted by molar-refractivity contribution is -0.124. The quantitative estimate of drug-likeness (QED) is 0.712. The van der Waals surface area contributed by atoms with Crippen molar-refractivity contribution in [2.75, 3.05) is 32.7 Å². The SMILES string of the molecule is CCN(CC)CC(=O)C1CCCNC1. The summed E-state index contributed by atoms with van der Waals surface area (Å²) in [4.78, 5) is 14.0. The van der Waals surface area contributed by atoms with Crippen molar-refractivity contribution in [2.45, 2.75) is 26.7 Å². The maximum Gasteiger partial charge on any atom is 0.151 e. The molecule has 1 heterocycles. The summed E-state index contributed by atoms with van der Waals surface area (Å²) in [6, 6.07) is 0. The van der Waals surface area contributed by atoms with E-state index in [1.54, 1.807) is 0 Å². The number of nitrogens with one attached hydrogen (secondary N) is 1. The van der Waals surface area contributed by atoms with Crippen molar-refractivity contribution in [3.63, 3.8) is 0 Å². The minimum atomic E-state index is 0.268. The van der Waals surface area contributed by atoms with Crippen molar-refractivity contribution < 1.29 is 4.79 Å². The lowest BCUT2D eigenvalue weighted by Gasteiger charge is -2.24. The highest BCUT2D eigenvalue weighted by Crippen LogP contribution is 2.11. The Kier molecular flexibility index (Phi) is 5.12. The molecule has 0 aromatic heterocycles. The van der Waals surface area contributed by atoms with Crippen LogP contribution in [0.15, 0.2) is 0 Å². The summed E-state index contributed by atoms with van der Waals surface area (Å²) in [5.41, 5.74) is 0. The largest absolute Gasteiger partial charge is 0.316 e. The first-order valence-corrected chi connectivity index (χ1v) is 5.73. The van der Waals surface area contributed by atoms with Gasteiger partial charge in [0.25, 0.3) is 0 Å². The van der Waals surface area contributed by atoms with Gasteiger partial charge in [-0.3, -0.25) is 9.69 Å². The first-order chi connectivity index (χ1) is 6.77. The normalized spacial score (nSPS) is 22.6. The zero-order chi connectivity index (χ0) is 10.4. The highest BCUT2D eigenvalue weighted by Gasteiger charge is 2.21. The molecule has 0 spiro atoms. The van der Waals surface area contributed by atoms with Gasteiger partial charge >= 0.3 is 0 Å². The van der Waals surface area contributed by atoms with E-state index in [2.05, 4.69) is 24.1 Å². The van der Waals surface area contributed by atoms with Gasteiger partial charge < -0.3 is 5.32 Å². The molecule has 1 unspecified atom stereocenters. The number of carbonyl (C=O) groups excluding carboxylic acids is 1. The van der Waals surface area contributed by atoms with E-state index in [9.17, 15) is 4.79 Å². The van der Waals surface area contributed by atoms with Crippen molar-refractivity contribution in [1.29, 1.82) is 0 Å². The minimum absolute atomic E-state index is 0.268. The molecule has 1 aliphatic rings. The van der Waals surface area contributed by atoms with E-state index >= 15 is 0 Å². The molecular formula is C11H22N2O. The van der Waals surface area contributed by atoms with Gasteiger partial charge in [0, 0.05) is 12.5 Å². The van der Waals surface area contributed by atoms with Crippen LogP contribution in [0.1, 0.15) is 26.7 Å². The first kappa shape index (κ1) is 11.7. The number of likely N-dealkylation sites (N-methyl/N-ethyl adjacent to an activating group) is 1. The van der Waals surface area contributed by atoms with Gasteiger partial charge in [-0.05, 0) is 32.5 Å². The van der Waals surface area contributed by atoms with E-state index in [0.717, 1.165) is 39.0 Å². The van der Waals surface area contributed by atoms with Crippen molar-refractivity contribution in [1.82, 2.24) is 10.2 Å². The third-order valence-corrected chi connectivity index (χ3v) is 3.03. The van der Waals surface area contributed by atoms with E-state index in [1.165, 1.54) is 0 Å². The fraction of sp³-hybridized carbons (Fsp3) is 0.909. The molecule has 0 aliphatic carbocycles. The highest BCUT2D eigenvalue weighted by molar-refractivity contribution is 5.83. The van der Waals surface area contributed by atoms with Crippen molar-refractivity contribution in [2.24, 2.45) is 5.92 Å². The number of carbonyl (C=O) groups is 1. The molecule has 0 radical (unpaired) electrons. The Labute approximate surface area is 86.9 Å². The van der Waals surface area contributed by atoms with Crippen LogP contribution in [0.4, 0.5) is 0 Å². The van der Waals surface area contributed by atoms with Crippen molar-refractivity contribution in [3.8, 4) is 0 Å². The Morgan fingerprint density at radius 1 is 1.43 bits per heavy atom. The third kappa shape index (κ3) is 3.39. The van der Waals surface area contributed by atoms with E-state index < -0.39 is 0 Å². The highest BCUT2D eigenvalue weighted by atomic mass is 16.1. The van der Waals surface area contributed by atoms with Gasteiger partial charge in [0.2, 0.25) is 0 Å². The summed E-state index contributed by atoms with van der Waals surface area (Å²) in [6.45, 7) is 8.77. The molecule has 0 saturated carbocycles. The summed E-state index contributed by atoms with van der Waals surface area (Å²) in [6.07, 6.45) is 2.22. The molecule has 0 aromatic carbocycles. The molecule has 1 atom stereocenters. The topological polar surface area (TPSA) is 32.3 Å². The maximum absolute atomic E-state index is 11.8. The van der Waals surface area contributed by atoms with Crippen LogP contribution in [0.2, 0.25) is 0 Å². The molecule has 0 amide bonds. The van der Waals surface area contributed by atoms with Crippen LogP contribution >= 0.6 is 0 Å². The summed E-state index contributed by atoms with van der Waals surface area (Å²) < 4.78 is 0. The van der Waals surface area contributed by atoms with Crippen LogP contribution in [0.25, 0.3) is 0 Å². The maximum atomic E-state index is 11.8. The molecular weight excluding hydrogens is 176 g/mol. The molecule has 0 bridgehead atoms. The van der Waals surface area contributed by atoms with Gasteiger partial charge in [-0.25, -0.2) is 0 Å². The molecule has 14 heavy (non-hydrogen) atoms. The fourth-order valence-electron chi connectivity index (χ4n) is 1.92. The van der Waals surface area contributed by atoms with Gasteiger partial charge in [-0.1, -0.05) is 13.8 Å². The minimum Gasteiger partial charge on any atom is -0.316 e. The summed E-state index contributed by atoms with van der Waals surface area (Å²) in [5, 5.41) is 3.29. The van der Waals surface area contributed by atoms with Crippen LogP contribution in [-0.4, -0.2) is 43.4 Å². The van der Waals surface area contributed by atoms with Crippen LogP contribution in [-0.2, 0) is 4.79 Å². The zero-order valence-electron chi connectivity index (χ0n) is 9.38. The Bertz CT molecular complexity index is 172. The second-order valence-electron chi connectivity index (χ2n) is 3.97. The van der Waals surface area contributed by atoms with Crippen LogP contribution in [0.3, 0.4) is 0 Å². The van der Waals surface area contributed by atoms with E-state index in [0.29, 0.717) is 12.3 Å². The second kappa shape index (κ2) is 6.14. The fourth-order valence-corrected chi connectivity index (χ4v) is 1.92. The van der Waals surface area contributed by atoms with Gasteiger partial charge in [-0.2, -0.15) is 0 Å². The first-order valence-electron chi connectivity index (χ1n) is 5.73. The number of hydrogen-bond acceptors (Lipinski definition) is 3. The molecule has 1 aliphatic heterocycles. The molecule has 1 fully saturated rings. The Hall–Kier alpha value is -0.410. The molecule has 0 aromatic rings. The summed E-state index contributed by atoms with van der Waals surface area (Å²) >= 11 is 0. The Balaban J connectivity index is 2.32. The number of hydrogen-bond donors (Lipinski definition) is 1. The van der Waals surface area contributed by atoms with Gasteiger partial charge in [0.1, 0.15) is 0 Å². The number of piperidine rings is 1. The van der Waals surface area contributed by atoms with Gasteiger partial charge in [0.15, 0.2) is 5.78 Å². The number of ketones is 1. The standard InChI is InChI=1S/C11H22N2O/c1-3-13(4-2)9-11(14)10-6-5-7-12-8-10/h10,12H,3-9H2,1-2H3. The van der Waals surface area contributed by atoms with E-state index in [-0.39, 0.29) is 5.92 Å². The lowest BCUT2D eigenvalue weighted by Crippen LogP contribution is -2.40. The predicted molar refractivity (Wildman–Crippen MR) is 58.4 cm³/mol. The zero-order valence-corrected chi connectivity index (χ0v) is 9.38. The second-order valence-corrected chi connectivity index (χ2v) is 3.97. The Morgan fingerprint density at radius 2 is 2.14 bits per heavy atom. The smallest absolute Gasteiger partial charge is 0.151 e.